The Labute approximate surface area is 123 Å². The van der Waals surface area contributed by atoms with Crippen LogP contribution in [-0.4, -0.2) is 23.7 Å². The van der Waals surface area contributed by atoms with Gasteiger partial charge in [-0.2, -0.15) is 0 Å². The van der Waals surface area contributed by atoms with Crippen LogP contribution in [0.1, 0.15) is 37.0 Å². The molecule has 1 aliphatic rings. The van der Waals surface area contributed by atoms with Crippen molar-refractivity contribution in [3.8, 4) is 0 Å². The van der Waals surface area contributed by atoms with Crippen LogP contribution in [0.25, 0.3) is 0 Å². The molecule has 2 N–H and O–H groups in total. The van der Waals surface area contributed by atoms with E-state index in [-0.39, 0.29) is 17.7 Å². The van der Waals surface area contributed by atoms with E-state index in [0.717, 1.165) is 12.8 Å². The fraction of sp³-hybridized carbons (Fsp3) is 0.467. The fourth-order valence-corrected chi connectivity index (χ4v) is 1.72. The van der Waals surface area contributed by atoms with Gasteiger partial charge in [-0.3, -0.25) is 9.59 Å². The quantitative estimate of drug-likeness (QED) is 0.821. The lowest BCUT2D eigenvalue weighted by Crippen LogP contribution is -2.32. The molecule has 5 heteroatoms. The van der Waals surface area contributed by atoms with E-state index in [1.165, 1.54) is 0 Å². The third-order valence-corrected chi connectivity index (χ3v) is 3.91. The van der Waals surface area contributed by atoms with Crippen molar-refractivity contribution in [2.45, 2.75) is 32.7 Å². The summed E-state index contributed by atoms with van der Waals surface area (Å²) in [7, 11) is 0. The van der Waals surface area contributed by atoms with E-state index >= 15 is 0 Å². The molecule has 20 heavy (non-hydrogen) atoms. The molecule has 0 aromatic heterocycles. The SMILES string of the molecule is CC(C)(CCl)C(=O)Nc1cccc(C(=O)NC2CC2)c1. The van der Waals surface area contributed by atoms with Gasteiger partial charge in [-0.25, -0.2) is 0 Å². The van der Waals surface area contributed by atoms with Gasteiger partial charge in [0.2, 0.25) is 5.91 Å². The van der Waals surface area contributed by atoms with E-state index in [0.29, 0.717) is 17.3 Å². The van der Waals surface area contributed by atoms with E-state index in [2.05, 4.69) is 10.6 Å². The van der Waals surface area contributed by atoms with Crippen molar-refractivity contribution >= 4 is 29.1 Å². The summed E-state index contributed by atoms with van der Waals surface area (Å²) in [6.45, 7) is 3.55. The molecule has 2 rings (SSSR count). The molecule has 2 amide bonds. The highest BCUT2D eigenvalue weighted by Gasteiger charge is 2.27. The summed E-state index contributed by atoms with van der Waals surface area (Å²) < 4.78 is 0. The van der Waals surface area contributed by atoms with Crippen LogP contribution in [0.15, 0.2) is 24.3 Å². The number of amides is 2. The average molecular weight is 295 g/mol. The molecule has 0 spiro atoms. The van der Waals surface area contributed by atoms with Gasteiger partial charge in [0.1, 0.15) is 0 Å². The van der Waals surface area contributed by atoms with Gasteiger partial charge in [0.15, 0.2) is 0 Å². The smallest absolute Gasteiger partial charge is 0.251 e. The number of alkyl halides is 1. The zero-order valence-corrected chi connectivity index (χ0v) is 12.5. The van der Waals surface area contributed by atoms with Gasteiger partial charge >= 0.3 is 0 Å². The highest BCUT2D eigenvalue weighted by Crippen LogP contribution is 2.22. The molecule has 0 radical (unpaired) electrons. The Hall–Kier alpha value is -1.55. The lowest BCUT2D eigenvalue weighted by Gasteiger charge is -2.20. The van der Waals surface area contributed by atoms with E-state index in [9.17, 15) is 9.59 Å². The minimum Gasteiger partial charge on any atom is -0.349 e. The molecule has 0 saturated heterocycles. The highest BCUT2D eigenvalue weighted by molar-refractivity contribution is 6.20. The molecule has 0 heterocycles. The third kappa shape index (κ3) is 3.73. The lowest BCUT2D eigenvalue weighted by molar-refractivity contribution is -0.122. The summed E-state index contributed by atoms with van der Waals surface area (Å²) in [5.74, 6) is -0.0202. The van der Waals surface area contributed by atoms with Gasteiger partial charge in [-0.1, -0.05) is 6.07 Å². The van der Waals surface area contributed by atoms with E-state index < -0.39 is 5.41 Å². The first kappa shape index (κ1) is 14.9. The minimum atomic E-state index is -0.645. The van der Waals surface area contributed by atoms with Crippen molar-refractivity contribution in [1.82, 2.24) is 5.32 Å². The molecule has 0 aliphatic heterocycles. The first-order valence-corrected chi connectivity index (χ1v) is 7.24. The average Bonchev–Trinajstić information content (AvgIpc) is 3.23. The van der Waals surface area contributed by atoms with Crippen LogP contribution in [0.2, 0.25) is 0 Å². The van der Waals surface area contributed by atoms with Crippen molar-refractivity contribution < 1.29 is 9.59 Å². The number of benzene rings is 1. The van der Waals surface area contributed by atoms with Crippen molar-refractivity contribution in [2.75, 3.05) is 11.2 Å². The molecule has 1 aliphatic carbocycles. The van der Waals surface area contributed by atoms with Crippen LogP contribution in [0, 0.1) is 5.41 Å². The van der Waals surface area contributed by atoms with Crippen molar-refractivity contribution in [3.63, 3.8) is 0 Å². The molecular formula is C15H19ClN2O2. The fourth-order valence-electron chi connectivity index (χ4n) is 1.60. The number of hydrogen-bond acceptors (Lipinski definition) is 2. The maximum absolute atomic E-state index is 12.0. The Kier molecular flexibility index (Phi) is 4.33. The van der Waals surface area contributed by atoms with Gasteiger partial charge in [0.25, 0.3) is 5.91 Å². The number of anilines is 1. The second kappa shape index (κ2) is 5.83. The monoisotopic (exact) mass is 294 g/mol. The minimum absolute atomic E-state index is 0.0970. The standard InChI is InChI=1S/C15H19ClN2O2/c1-15(2,9-16)14(20)18-12-5-3-4-10(8-12)13(19)17-11-6-7-11/h3-5,8,11H,6-7,9H2,1-2H3,(H,17,19)(H,18,20). The first-order chi connectivity index (χ1) is 9.42. The maximum atomic E-state index is 12.0. The largest absolute Gasteiger partial charge is 0.349 e. The number of nitrogens with one attached hydrogen (secondary N) is 2. The summed E-state index contributed by atoms with van der Waals surface area (Å²) in [6.07, 6.45) is 2.10. The second-order valence-electron chi connectivity index (χ2n) is 5.80. The topological polar surface area (TPSA) is 58.2 Å². The molecule has 0 bridgehead atoms. The third-order valence-electron chi connectivity index (χ3n) is 3.24. The molecule has 1 aromatic carbocycles. The van der Waals surface area contributed by atoms with Crippen molar-refractivity contribution in [3.05, 3.63) is 29.8 Å². The number of hydrogen-bond donors (Lipinski definition) is 2. The lowest BCUT2D eigenvalue weighted by atomic mass is 9.95. The Morgan fingerprint density at radius 1 is 1.35 bits per heavy atom. The van der Waals surface area contributed by atoms with Crippen LogP contribution in [0.4, 0.5) is 5.69 Å². The molecule has 4 nitrogen and oxygen atoms in total. The van der Waals surface area contributed by atoms with Gasteiger partial charge in [0.05, 0.1) is 5.41 Å². The predicted molar refractivity (Wildman–Crippen MR) is 80.1 cm³/mol. The van der Waals surface area contributed by atoms with Crippen LogP contribution >= 0.6 is 11.6 Å². The Morgan fingerprint density at radius 3 is 2.65 bits per heavy atom. The normalized spacial score (nSPS) is 14.8. The van der Waals surface area contributed by atoms with Gasteiger partial charge in [-0.05, 0) is 44.9 Å². The zero-order valence-electron chi connectivity index (χ0n) is 11.7. The van der Waals surface area contributed by atoms with Gasteiger partial charge in [0, 0.05) is 23.2 Å². The van der Waals surface area contributed by atoms with Crippen LogP contribution < -0.4 is 10.6 Å². The summed E-state index contributed by atoms with van der Waals surface area (Å²) in [5, 5.41) is 5.71. The Balaban J connectivity index is 2.05. The first-order valence-electron chi connectivity index (χ1n) is 6.71. The molecule has 0 atom stereocenters. The molecule has 1 saturated carbocycles. The van der Waals surface area contributed by atoms with Crippen molar-refractivity contribution in [1.29, 1.82) is 0 Å². The molecule has 1 fully saturated rings. The van der Waals surface area contributed by atoms with E-state index in [4.69, 9.17) is 11.6 Å². The molecular weight excluding hydrogens is 276 g/mol. The Bertz CT molecular complexity index is 524. The maximum Gasteiger partial charge on any atom is 0.251 e. The van der Waals surface area contributed by atoms with Gasteiger partial charge in [-0.15, -0.1) is 11.6 Å². The number of rotatable bonds is 5. The van der Waals surface area contributed by atoms with Crippen LogP contribution in [-0.2, 0) is 4.79 Å². The summed E-state index contributed by atoms with van der Waals surface area (Å²) >= 11 is 5.78. The van der Waals surface area contributed by atoms with E-state index in [1.54, 1.807) is 38.1 Å². The zero-order chi connectivity index (χ0) is 14.8. The van der Waals surface area contributed by atoms with E-state index in [1.807, 2.05) is 0 Å². The van der Waals surface area contributed by atoms with Crippen LogP contribution in [0.5, 0.6) is 0 Å². The highest BCUT2D eigenvalue weighted by atomic mass is 35.5. The van der Waals surface area contributed by atoms with Crippen molar-refractivity contribution in [2.24, 2.45) is 5.41 Å². The summed E-state index contributed by atoms with van der Waals surface area (Å²) in [4.78, 5) is 24.0. The molecule has 1 aromatic rings. The number of carbonyl (C=O) groups is 2. The Morgan fingerprint density at radius 2 is 2.05 bits per heavy atom. The molecule has 108 valence electrons. The van der Waals surface area contributed by atoms with Gasteiger partial charge < -0.3 is 10.6 Å². The summed E-state index contributed by atoms with van der Waals surface area (Å²) in [6, 6.07) is 7.25. The predicted octanol–water partition coefficient (Wildman–Crippen LogP) is 2.78. The number of halogens is 1. The van der Waals surface area contributed by atoms with Crippen LogP contribution in [0.3, 0.4) is 0 Å². The number of carbonyl (C=O) groups excluding carboxylic acids is 2. The molecule has 0 unspecified atom stereocenters. The summed E-state index contributed by atoms with van der Waals surface area (Å²) in [5.41, 5.74) is 0.517. The second-order valence-corrected chi connectivity index (χ2v) is 6.07.